The summed E-state index contributed by atoms with van der Waals surface area (Å²) in [4.78, 5) is 12.3. The van der Waals surface area contributed by atoms with Crippen molar-refractivity contribution in [2.45, 2.75) is 13.0 Å². The maximum atomic E-state index is 13.7. The van der Waals surface area contributed by atoms with Crippen molar-refractivity contribution < 1.29 is 9.18 Å². The number of carbonyl (C=O) groups excluding carboxylic acids is 1. The van der Waals surface area contributed by atoms with Gasteiger partial charge in [-0.2, -0.15) is 5.10 Å². The van der Waals surface area contributed by atoms with Gasteiger partial charge in [-0.1, -0.05) is 18.2 Å². The van der Waals surface area contributed by atoms with Crippen molar-refractivity contribution in [1.82, 2.24) is 15.5 Å². The molecule has 6 heteroatoms. The summed E-state index contributed by atoms with van der Waals surface area (Å²) in [6.07, 6.45) is 0. The number of hydrogen-bond donors (Lipinski definition) is 2. The number of fused-ring (bicyclic) bond motifs is 1. The summed E-state index contributed by atoms with van der Waals surface area (Å²) < 4.78 is 14.6. The van der Waals surface area contributed by atoms with Gasteiger partial charge in [-0.15, -0.1) is 0 Å². The van der Waals surface area contributed by atoms with Crippen molar-refractivity contribution in [3.8, 4) is 0 Å². The molecular formula is C16H13FIN3O. The molecule has 1 atom stereocenters. The van der Waals surface area contributed by atoms with Crippen LogP contribution in [0.3, 0.4) is 0 Å². The molecule has 3 rings (SSSR count). The highest BCUT2D eigenvalue weighted by molar-refractivity contribution is 14.1. The van der Waals surface area contributed by atoms with Crippen molar-refractivity contribution in [1.29, 1.82) is 0 Å². The van der Waals surface area contributed by atoms with Crippen molar-refractivity contribution in [3.05, 3.63) is 63.1 Å². The first-order valence-corrected chi connectivity index (χ1v) is 7.83. The summed E-state index contributed by atoms with van der Waals surface area (Å²) in [6, 6.07) is 11.3. The van der Waals surface area contributed by atoms with E-state index in [0.717, 1.165) is 14.6 Å². The number of aromatic nitrogens is 2. The Labute approximate surface area is 140 Å². The molecule has 0 saturated carbocycles. The monoisotopic (exact) mass is 409 g/mol. The zero-order chi connectivity index (χ0) is 15.7. The molecule has 4 nitrogen and oxygen atoms in total. The van der Waals surface area contributed by atoms with E-state index in [0.29, 0.717) is 11.1 Å². The summed E-state index contributed by atoms with van der Waals surface area (Å²) in [5.41, 5.74) is 1.87. The molecule has 0 saturated heterocycles. The number of hydrogen-bond acceptors (Lipinski definition) is 2. The average Bonchev–Trinajstić information content (AvgIpc) is 2.88. The van der Waals surface area contributed by atoms with E-state index in [9.17, 15) is 9.18 Å². The summed E-state index contributed by atoms with van der Waals surface area (Å²) in [7, 11) is 0. The Kier molecular flexibility index (Phi) is 4.10. The second-order valence-electron chi connectivity index (χ2n) is 4.99. The lowest BCUT2D eigenvalue weighted by molar-refractivity contribution is 0.0939. The standard InChI is InChI=1S/C16H13FIN3O/c1-9(11-4-2-3-5-13(11)17)19-16(22)10-6-7-14-12(8-10)15(18)21-20-14/h2-9H,1H3,(H,19,22)(H,20,21). The number of carbonyl (C=O) groups is 1. The second-order valence-corrected chi connectivity index (χ2v) is 6.01. The molecule has 112 valence electrons. The molecule has 0 aliphatic carbocycles. The number of rotatable bonds is 3. The first kappa shape index (κ1) is 15.0. The van der Waals surface area contributed by atoms with Crippen LogP contribution in [0.1, 0.15) is 28.9 Å². The van der Waals surface area contributed by atoms with Crippen LogP contribution in [-0.4, -0.2) is 16.1 Å². The fourth-order valence-electron chi connectivity index (χ4n) is 2.31. The molecule has 3 aromatic rings. The third-order valence-electron chi connectivity index (χ3n) is 3.50. The van der Waals surface area contributed by atoms with E-state index in [1.807, 2.05) is 6.07 Å². The normalized spacial score (nSPS) is 12.3. The minimum atomic E-state index is -0.409. The molecular weight excluding hydrogens is 396 g/mol. The summed E-state index contributed by atoms with van der Waals surface area (Å²) in [5.74, 6) is -0.565. The zero-order valence-electron chi connectivity index (χ0n) is 11.7. The lowest BCUT2D eigenvalue weighted by Gasteiger charge is -2.15. The predicted molar refractivity (Wildman–Crippen MR) is 91.1 cm³/mol. The minimum Gasteiger partial charge on any atom is -0.345 e. The van der Waals surface area contributed by atoms with Crippen LogP contribution >= 0.6 is 22.6 Å². The van der Waals surface area contributed by atoms with Crippen LogP contribution in [0.15, 0.2) is 42.5 Å². The fourth-order valence-corrected chi connectivity index (χ4v) is 2.87. The van der Waals surface area contributed by atoms with Gasteiger partial charge in [0.05, 0.1) is 11.6 Å². The molecule has 1 heterocycles. The van der Waals surface area contributed by atoms with Crippen LogP contribution in [-0.2, 0) is 0 Å². The largest absolute Gasteiger partial charge is 0.345 e. The van der Waals surface area contributed by atoms with E-state index >= 15 is 0 Å². The molecule has 2 aromatic carbocycles. The van der Waals surface area contributed by atoms with E-state index in [1.54, 1.807) is 37.3 Å². The van der Waals surface area contributed by atoms with Gasteiger partial charge >= 0.3 is 0 Å². The quantitative estimate of drug-likeness (QED) is 0.647. The van der Waals surface area contributed by atoms with Crippen molar-refractivity contribution in [3.63, 3.8) is 0 Å². The molecule has 0 bridgehead atoms. The second kappa shape index (κ2) is 6.04. The third kappa shape index (κ3) is 2.83. The molecule has 2 N–H and O–H groups in total. The molecule has 0 aliphatic heterocycles. The number of aromatic amines is 1. The van der Waals surface area contributed by atoms with Crippen LogP contribution in [0, 0.1) is 9.52 Å². The Bertz CT molecular complexity index is 846. The Hall–Kier alpha value is -1.96. The van der Waals surface area contributed by atoms with Crippen LogP contribution in [0.5, 0.6) is 0 Å². The van der Waals surface area contributed by atoms with E-state index in [4.69, 9.17) is 0 Å². The summed E-state index contributed by atoms with van der Waals surface area (Å²) >= 11 is 2.11. The first-order valence-electron chi connectivity index (χ1n) is 6.75. The van der Waals surface area contributed by atoms with Crippen LogP contribution in [0.4, 0.5) is 4.39 Å². The lowest BCUT2D eigenvalue weighted by atomic mass is 10.1. The molecule has 22 heavy (non-hydrogen) atoms. The van der Waals surface area contributed by atoms with Crippen molar-refractivity contribution in [2.75, 3.05) is 0 Å². The predicted octanol–water partition coefficient (Wildman–Crippen LogP) is 3.80. The number of nitrogens with one attached hydrogen (secondary N) is 2. The van der Waals surface area contributed by atoms with E-state index in [2.05, 4.69) is 38.1 Å². The summed E-state index contributed by atoms with van der Waals surface area (Å²) in [5, 5.41) is 10.7. The zero-order valence-corrected chi connectivity index (χ0v) is 13.9. The number of nitrogens with zero attached hydrogens (tertiary/aromatic N) is 1. The van der Waals surface area contributed by atoms with E-state index in [-0.39, 0.29) is 11.7 Å². The van der Waals surface area contributed by atoms with Crippen molar-refractivity contribution in [2.24, 2.45) is 0 Å². The Morgan fingerprint density at radius 2 is 2.09 bits per heavy atom. The van der Waals surface area contributed by atoms with Gasteiger partial charge in [0.1, 0.15) is 9.52 Å². The van der Waals surface area contributed by atoms with Gasteiger partial charge in [-0.25, -0.2) is 4.39 Å². The van der Waals surface area contributed by atoms with Gasteiger partial charge in [0.2, 0.25) is 0 Å². The van der Waals surface area contributed by atoms with Crippen molar-refractivity contribution >= 4 is 39.4 Å². The number of H-pyrrole nitrogens is 1. The number of benzene rings is 2. The topological polar surface area (TPSA) is 57.8 Å². The average molecular weight is 409 g/mol. The SMILES string of the molecule is CC(NC(=O)c1ccc2[nH]nc(I)c2c1)c1ccccc1F. The van der Waals surface area contributed by atoms with E-state index < -0.39 is 6.04 Å². The lowest BCUT2D eigenvalue weighted by Crippen LogP contribution is -2.27. The fraction of sp³-hybridized carbons (Fsp3) is 0.125. The van der Waals surface area contributed by atoms with Crippen LogP contribution in [0.25, 0.3) is 10.9 Å². The molecule has 0 radical (unpaired) electrons. The number of amides is 1. The smallest absolute Gasteiger partial charge is 0.251 e. The van der Waals surface area contributed by atoms with Gasteiger partial charge in [0.25, 0.3) is 5.91 Å². The highest BCUT2D eigenvalue weighted by Crippen LogP contribution is 2.20. The molecule has 1 unspecified atom stereocenters. The van der Waals surface area contributed by atoms with Crippen LogP contribution in [0.2, 0.25) is 0 Å². The van der Waals surface area contributed by atoms with Gasteiger partial charge in [0, 0.05) is 16.5 Å². The minimum absolute atomic E-state index is 0.241. The summed E-state index contributed by atoms with van der Waals surface area (Å²) in [6.45, 7) is 1.76. The first-order chi connectivity index (χ1) is 10.6. The van der Waals surface area contributed by atoms with Gasteiger partial charge in [-0.3, -0.25) is 9.89 Å². The van der Waals surface area contributed by atoms with Gasteiger partial charge in [-0.05, 0) is 53.8 Å². The Morgan fingerprint density at radius 1 is 1.32 bits per heavy atom. The van der Waals surface area contributed by atoms with Gasteiger partial charge < -0.3 is 5.32 Å². The van der Waals surface area contributed by atoms with E-state index in [1.165, 1.54) is 6.07 Å². The highest BCUT2D eigenvalue weighted by Gasteiger charge is 2.15. The Balaban J connectivity index is 1.83. The third-order valence-corrected chi connectivity index (χ3v) is 4.32. The van der Waals surface area contributed by atoms with Crippen LogP contribution < -0.4 is 5.32 Å². The van der Waals surface area contributed by atoms with Gasteiger partial charge in [0.15, 0.2) is 0 Å². The molecule has 1 amide bonds. The Morgan fingerprint density at radius 3 is 2.86 bits per heavy atom. The highest BCUT2D eigenvalue weighted by atomic mass is 127. The maximum Gasteiger partial charge on any atom is 0.251 e. The molecule has 1 aromatic heterocycles. The molecule has 0 spiro atoms. The maximum absolute atomic E-state index is 13.7. The molecule has 0 aliphatic rings. The molecule has 0 fully saturated rings. The number of halogens is 2.